The third-order valence-electron chi connectivity index (χ3n) is 2.50. The molecule has 0 N–H and O–H groups in total. The first-order chi connectivity index (χ1) is 10.1. The number of rotatable bonds is 2. The van der Waals surface area contributed by atoms with E-state index in [1.165, 1.54) is 24.3 Å². The number of benzene rings is 1. The number of nitrogens with zero attached hydrogens (tertiary/aromatic N) is 2. The third-order valence-corrected chi connectivity index (χ3v) is 3.37. The predicted molar refractivity (Wildman–Crippen MR) is 80.5 cm³/mol. The molecule has 0 fully saturated rings. The molecular weight excluding hydrogens is 309 g/mol. The fraction of sp³-hybridized carbons (Fsp3) is 0.267. The van der Waals surface area contributed by atoms with Crippen LogP contribution in [0, 0.1) is 11.5 Å². The van der Waals surface area contributed by atoms with Gasteiger partial charge in [0.05, 0.1) is 17.4 Å². The SMILES string of the molecule is C[Si](C)(C)C#Cc1cnn(-c2ccc(OC(F)(F)F)cc2)c1. The van der Waals surface area contributed by atoms with Crippen LogP contribution in [0.1, 0.15) is 5.56 Å². The van der Waals surface area contributed by atoms with E-state index in [4.69, 9.17) is 0 Å². The highest BCUT2D eigenvalue weighted by atomic mass is 28.3. The molecule has 2 aromatic rings. The van der Waals surface area contributed by atoms with E-state index in [0.717, 1.165) is 5.56 Å². The minimum absolute atomic E-state index is 0.262. The fourth-order valence-corrected chi connectivity index (χ4v) is 2.11. The van der Waals surface area contributed by atoms with Crippen LogP contribution < -0.4 is 4.74 Å². The highest BCUT2D eigenvalue weighted by Gasteiger charge is 2.30. The van der Waals surface area contributed by atoms with Crippen LogP contribution in [0.4, 0.5) is 13.2 Å². The average Bonchev–Trinajstić information content (AvgIpc) is 2.83. The number of ether oxygens (including phenoxy) is 1. The van der Waals surface area contributed by atoms with Crippen molar-refractivity contribution in [3.63, 3.8) is 0 Å². The van der Waals surface area contributed by atoms with E-state index < -0.39 is 14.4 Å². The normalized spacial score (nSPS) is 11.7. The Morgan fingerprint density at radius 3 is 2.32 bits per heavy atom. The molecule has 0 aliphatic carbocycles. The van der Waals surface area contributed by atoms with Crippen molar-refractivity contribution in [3.8, 4) is 22.9 Å². The molecule has 0 aliphatic heterocycles. The second kappa shape index (κ2) is 5.89. The molecule has 0 radical (unpaired) electrons. The van der Waals surface area contributed by atoms with Gasteiger partial charge in [-0.2, -0.15) is 5.10 Å². The van der Waals surface area contributed by atoms with E-state index in [9.17, 15) is 13.2 Å². The molecule has 3 nitrogen and oxygen atoms in total. The maximum atomic E-state index is 12.1. The van der Waals surface area contributed by atoms with Crippen molar-refractivity contribution in [2.24, 2.45) is 0 Å². The molecule has 1 aromatic carbocycles. The van der Waals surface area contributed by atoms with Crippen molar-refractivity contribution in [3.05, 3.63) is 42.2 Å². The summed E-state index contributed by atoms with van der Waals surface area (Å²) in [5, 5.41) is 4.16. The number of aromatic nitrogens is 2. The smallest absolute Gasteiger partial charge is 0.406 e. The first-order valence-electron chi connectivity index (χ1n) is 6.56. The van der Waals surface area contributed by atoms with E-state index in [1.54, 1.807) is 17.1 Å². The van der Waals surface area contributed by atoms with E-state index >= 15 is 0 Å². The monoisotopic (exact) mass is 324 g/mol. The van der Waals surface area contributed by atoms with E-state index in [1.807, 2.05) is 0 Å². The summed E-state index contributed by atoms with van der Waals surface area (Å²) in [5.74, 6) is 2.81. The quantitative estimate of drug-likeness (QED) is 0.617. The van der Waals surface area contributed by atoms with Gasteiger partial charge in [-0.1, -0.05) is 25.6 Å². The van der Waals surface area contributed by atoms with Crippen molar-refractivity contribution >= 4 is 8.07 Å². The first kappa shape index (κ1) is 16.2. The van der Waals surface area contributed by atoms with Crippen LogP contribution in [0.3, 0.4) is 0 Å². The van der Waals surface area contributed by atoms with Gasteiger partial charge in [0.1, 0.15) is 13.8 Å². The fourth-order valence-electron chi connectivity index (χ4n) is 1.59. The van der Waals surface area contributed by atoms with Crippen molar-refractivity contribution in [1.29, 1.82) is 0 Å². The lowest BCUT2D eigenvalue weighted by Gasteiger charge is -2.09. The summed E-state index contributed by atoms with van der Waals surface area (Å²) in [7, 11) is -1.46. The summed E-state index contributed by atoms with van der Waals surface area (Å²) in [6.07, 6.45) is -1.31. The Morgan fingerprint density at radius 1 is 1.14 bits per heavy atom. The minimum Gasteiger partial charge on any atom is -0.406 e. The number of halogens is 3. The highest BCUT2D eigenvalue weighted by molar-refractivity contribution is 6.83. The maximum absolute atomic E-state index is 12.1. The number of alkyl halides is 3. The molecule has 0 aliphatic rings. The zero-order chi connectivity index (χ0) is 16.4. The van der Waals surface area contributed by atoms with Crippen LogP contribution in [0.5, 0.6) is 5.75 Å². The summed E-state index contributed by atoms with van der Waals surface area (Å²) >= 11 is 0. The van der Waals surface area contributed by atoms with Crippen LogP contribution >= 0.6 is 0 Å². The van der Waals surface area contributed by atoms with Crippen LogP contribution in [0.15, 0.2) is 36.7 Å². The van der Waals surface area contributed by atoms with Gasteiger partial charge in [0.25, 0.3) is 0 Å². The Kier molecular flexibility index (Phi) is 4.33. The summed E-state index contributed by atoms with van der Waals surface area (Å²) in [6.45, 7) is 6.43. The molecule has 116 valence electrons. The Morgan fingerprint density at radius 2 is 1.77 bits per heavy atom. The van der Waals surface area contributed by atoms with Gasteiger partial charge < -0.3 is 4.74 Å². The molecule has 7 heteroatoms. The van der Waals surface area contributed by atoms with Gasteiger partial charge in [0.15, 0.2) is 0 Å². The molecule has 22 heavy (non-hydrogen) atoms. The highest BCUT2D eigenvalue weighted by Crippen LogP contribution is 2.23. The lowest BCUT2D eigenvalue weighted by molar-refractivity contribution is -0.274. The van der Waals surface area contributed by atoms with Crippen molar-refractivity contribution < 1.29 is 17.9 Å². The second-order valence-electron chi connectivity index (χ2n) is 5.72. The van der Waals surface area contributed by atoms with Crippen LogP contribution in [-0.2, 0) is 0 Å². The van der Waals surface area contributed by atoms with Crippen LogP contribution in [0.2, 0.25) is 19.6 Å². The zero-order valence-corrected chi connectivity index (χ0v) is 13.4. The number of hydrogen-bond acceptors (Lipinski definition) is 2. The summed E-state index contributed by atoms with van der Waals surface area (Å²) in [5.41, 5.74) is 4.64. The number of hydrogen-bond donors (Lipinski definition) is 0. The molecule has 2 rings (SSSR count). The molecule has 1 aromatic heterocycles. The van der Waals surface area contributed by atoms with Crippen LogP contribution in [-0.4, -0.2) is 24.2 Å². The van der Waals surface area contributed by atoms with Gasteiger partial charge in [-0.3, -0.25) is 0 Å². The Labute approximate surface area is 127 Å². The van der Waals surface area contributed by atoms with Crippen molar-refractivity contribution in [2.75, 3.05) is 0 Å². The van der Waals surface area contributed by atoms with E-state index in [2.05, 4.69) is 40.9 Å². The molecule has 0 bridgehead atoms. The Hall–Kier alpha value is -2.20. The zero-order valence-electron chi connectivity index (χ0n) is 12.4. The van der Waals surface area contributed by atoms with Crippen molar-refractivity contribution in [2.45, 2.75) is 26.0 Å². The standard InChI is InChI=1S/C15H15F3N2OSi/c1-22(2,3)9-8-12-10-19-20(11-12)13-4-6-14(7-5-13)21-15(16,17)18/h4-7,10-11H,1-3H3. The lowest BCUT2D eigenvalue weighted by Crippen LogP contribution is -2.17. The van der Waals surface area contributed by atoms with Gasteiger partial charge in [-0.15, -0.1) is 18.7 Å². The summed E-state index contributed by atoms with van der Waals surface area (Å²) in [4.78, 5) is 0. The van der Waals surface area contributed by atoms with Gasteiger partial charge in [0.2, 0.25) is 0 Å². The Balaban J connectivity index is 2.16. The first-order valence-corrected chi connectivity index (χ1v) is 10.1. The molecule has 0 spiro atoms. The summed E-state index contributed by atoms with van der Waals surface area (Å²) < 4.78 is 41.7. The van der Waals surface area contributed by atoms with Gasteiger partial charge >= 0.3 is 6.36 Å². The molecule has 0 unspecified atom stereocenters. The Bertz CT molecular complexity index is 703. The largest absolute Gasteiger partial charge is 0.573 e. The molecule has 0 amide bonds. The minimum atomic E-state index is -4.69. The van der Waals surface area contributed by atoms with Gasteiger partial charge in [-0.25, -0.2) is 4.68 Å². The maximum Gasteiger partial charge on any atom is 0.573 e. The topological polar surface area (TPSA) is 27.1 Å². The molecule has 0 atom stereocenters. The van der Waals surface area contributed by atoms with Gasteiger partial charge in [-0.05, 0) is 24.3 Å². The molecule has 0 saturated carbocycles. The van der Waals surface area contributed by atoms with E-state index in [-0.39, 0.29) is 5.75 Å². The molecule has 1 heterocycles. The van der Waals surface area contributed by atoms with Gasteiger partial charge in [0, 0.05) is 6.20 Å². The predicted octanol–water partition coefficient (Wildman–Crippen LogP) is 4.00. The third kappa shape index (κ3) is 4.97. The van der Waals surface area contributed by atoms with Crippen LogP contribution in [0.25, 0.3) is 5.69 Å². The summed E-state index contributed by atoms with van der Waals surface area (Å²) in [6, 6.07) is 5.50. The van der Waals surface area contributed by atoms with Crippen molar-refractivity contribution in [1.82, 2.24) is 9.78 Å². The average molecular weight is 324 g/mol. The van der Waals surface area contributed by atoms with E-state index in [0.29, 0.717) is 5.69 Å². The lowest BCUT2D eigenvalue weighted by atomic mass is 10.3. The second-order valence-corrected chi connectivity index (χ2v) is 10.5. The molecular formula is C15H15F3N2OSi. The molecule has 0 saturated heterocycles.